The second-order valence-corrected chi connectivity index (χ2v) is 8.70. The third kappa shape index (κ3) is 3.11. The average Bonchev–Trinajstić information content (AvgIpc) is 2.84. The van der Waals surface area contributed by atoms with E-state index in [0.29, 0.717) is 12.8 Å². The number of rotatable bonds is 3. The third-order valence-corrected chi connectivity index (χ3v) is 6.59. The number of aromatic nitrogens is 2. The highest BCUT2D eigenvalue weighted by Gasteiger charge is 2.24. The number of nitrogens with two attached hydrogens (primary N) is 1. The van der Waals surface area contributed by atoms with Gasteiger partial charge in [0.2, 0.25) is 5.95 Å². The van der Waals surface area contributed by atoms with E-state index in [1.165, 1.54) is 4.88 Å². The summed E-state index contributed by atoms with van der Waals surface area (Å²) in [4.78, 5) is 10.7. The summed E-state index contributed by atoms with van der Waals surface area (Å²) in [6.45, 7) is 2.10. The van der Waals surface area contributed by atoms with Crippen molar-refractivity contribution in [3.8, 4) is 0 Å². The van der Waals surface area contributed by atoms with Crippen molar-refractivity contribution < 1.29 is 8.42 Å². The lowest BCUT2D eigenvalue weighted by atomic mass is 10.1. The van der Waals surface area contributed by atoms with Crippen molar-refractivity contribution in [3.05, 3.63) is 10.9 Å². The van der Waals surface area contributed by atoms with Crippen LogP contribution >= 0.6 is 11.3 Å². The lowest BCUT2D eigenvalue weighted by Gasteiger charge is -2.23. The predicted octanol–water partition coefficient (Wildman–Crippen LogP) is 1.82. The lowest BCUT2D eigenvalue weighted by Crippen LogP contribution is -2.32. The number of hydrogen-bond donors (Lipinski definition) is 2. The van der Waals surface area contributed by atoms with Gasteiger partial charge >= 0.3 is 0 Å². The summed E-state index contributed by atoms with van der Waals surface area (Å²) >= 11 is 1.62. The van der Waals surface area contributed by atoms with E-state index in [1.807, 2.05) is 0 Å². The number of nitrogen functional groups attached to an aromatic ring is 1. The molecule has 0 amide bonds. The zero-order valence-corrected chi connectivity index (χ0v) is 13.4. The van der Waals surface area contributed by atoms with Gasteiger partial charge in [-0.05, 0) is 25.3 Å². The normalized spacial score (nSPS) is 18.9. The van der Waals surface area contributed by atoms with E-state index in [0.717, 1.165) is 22.5 Å². The number of aryl methyl sites for hydroxylation is 1. The van der Waals surface area contributed by atoms with Crippen LogP contribution < -0.4 is 11.1 Å². The van der Waals surface area contributed by atoms with E-state index in [9.17, 15) is 8.42 Å². The second kappa shape index (κ2) is 5.42. The number of anilines is 2. The van der Waals surface area contributed by atoms with Crippen LogP contribution in [0, 0.1) is 0 Å². The zero-order chi connectivity index (χ0) is 15.0. The standard InChI is InChI=1S/C13H18N4O2S2/c1-2-9-7-10-11(16-13(14)17-12(10)20-9)15-8-3-5-21(18,19)6-4-8/h7-8H,2-6H2,1H3,(H3,14,15,16,17). The molecule has 114 valence electrons. The molecule has 2 aromatic rings. The van der Waals surface area contributed by atoms with Gasteiger partial charge in [-0.2, -0.15) is 4.98 Å². The third-order valence-electron chi connectivity index (χ3n) is 3.71. The Morgan fingerprint density at radius 3 is 2.76 bits per heavy atom. The second-order valence-electron chi connectivity index (χ2n) is 5.29. The topological polar surface area (TPSA) is 98.0 Å². The van der Waals surface area contributed by atoms with Crippen molar-refractivity contribution in [2.24, 2.45) is 0 Å². The zero-order valence-electron chi connectivity index (χ0n) is 11.8. The van der Waals surface area contributed by atoms with Gasteiger partial charge in [0.1, 0.15) is 20.5 Å². The molecule has 8 heteroatoms. The van der Waals surface area contributed by atoms with Crippen LogP contribution in [0.15, 0.2) is 6.07 Å². The first-order chi connectivity index (χ1) is 9.97. The Kier molecular flexibility index (Phi) is 3.75. The van der Waals surface area contributed by atoms with Crippen molar-refractivity contribution in [2.75, 3.05) is 22.6 Å². The highest BCUT2D eigenvalue weighted by Crippen LogP contribution is 2.31. The van der Waals surface area contributed by atoms with E-state index >= 15 is 0 Å². The largest absolute Gasteiger partial charge is 0.368 e. The van der Waals surface area contributed by atoms with Gasteiger partial charge < -0.3 is 11.1 Å². The fourth-order valence-corrected chi connectivity index (χ4v) is 4.97. The first-order valence-corrected chi connectivity index (χ1v) is 9.63. The van der Waals surface area contributed by atoms with E-state index in [-0.39, 0.29) is 23.5 Å². The maximum atomic E-state index is 11.5. The molecule has 1 saturated heterocycles. The summed E-state index contributed by atoms with van der Waals surface area (Å²) in [6, 6.07) is 2.21. The number of nitrogens with one attached hydrogen (secondary N) is 1. The maximum absolute atomic E-state index is 11.5. The first-order valence-electron chi connectivity index (χ1n) is 7.00. The molecule has 2 aromatic heterocycles. The molecule has 3 N–H and O–H groups in total. The SMILES string of the molecule is CCc1cc2c(NC3CCS(=O)(=O)CC3)nc(N)nc2s1. The highest BCUT2D eigenvalue weighted by atomic mass is 32.2. The van der Waals surface area contributed by atoms with Crippen LogP contribution in [0.5, 0.6) is 0 Å². The van der Waals surface area contributed by atoms with Crippen molar-refractivity contribution in [2.45, 2.75) is 32.2 Å². The molecule has 0 bridgehead atoms. The van der Waals surface area contributed by atoms with Crippen LogP contribution in [0.25, 0.3) is 10.2 Å². The Bertz CT molecular complexity index is 756. The summed E-state index contributed by atoms with van der Waals surface area (Å²) in [5.41, 5.74) is 5.77. The molecule has 3 heterocycles. The van der Waals surface area contributed by atoms with Gasteiger partial charge in [-0.3, -0.25) is 0 Å². The summed E-state index contributed by atoms with van der Waals surface area (Å²) < 4.78 is 23.0. The Morgan fingerprint density at radius 1 is 1.38 bits per heavy atom. The summed E-state index contributed by atoms with van der Waals surface area (Å²) in [6.07, 6.45) is 2.17. The molecule has 6 nitrogen and oxygen atoms in total. The van der Waals surface area contributed by atoms with Crippen molar-refractivity contribution in [1.29, 1.82) is 0 Å². The van der Waals surface area contributed by atoms with Crippen molar-refractivity contribution in [3.63, 3.8) is 0 Å². The fraction of sp³-hybridized carbons (Fsp3) is 0.538. The van der Waals surface area contributed by atoms with Crippen molar-refractivity contribution in [1.82, 2.24) is 9.97 Å². The molecule has 1 aliphatic heterocycles. The van der Waals surface area contributed by atoms with Gasteiger partial charge in [-0.1, -0.05) is 6.92 Å². The molecule has 1 aliphatic rings. The number of fused-ring (bicyclic) bond motifs is 1. The molecule has 0 atom stereocenters. The molecule has 0 aromatic carbocycles. The van der Waals surface area contributed by atoms with Crippen LogP contribution in [-0.4, -0.2) is 35.9 Å². The fourth-order valence-electron chi connectivity index (χ4n) is 2.50. The highest BCUT2D eigenvalue weighted by molar-refractivity contribution is 7.91. The number of sulfone groups is 1. The number of nitrogens with zero attached hydrogens (tertiary/aromatic N) is 2. The molecule has 0 unspecified atom stereocenters. The number of thiophene rings is 1. The Morgan fingerprint density at radius 2 is 2.10 bits per heavy atom. The van der Waals surface area contributed by atoms with Crippen LogP contribution in [0.4, 0.5) is 11.8 Å². The molecule has 0 saturated carbocycles. The van der Waals surface area contributed by atoms with Gasteiger partial charge in [0.25, 0.3) is 0 Å². The Labute approximate surface area is 127 Å². The Balaban J connectivity index is 1.88. The minimum Gasteiger partial charge on any atom is -0.368 e. The summed E-state index contributed by atoms with van der Waals surface area (Å²) in [7, 11) is -2.85. The van der Waals surface area contributed by atoms with Gasteiger partial charge in [0, 0.05) is 10.9 Å². The summed E-state index contributed by atoms with van der Waals surface area (Å²) in [5, 5.41) is 4.32. The first kappa shape index (κ1) is 14.5. The lowest BCUT2D eigenvalue weighted by molar-refractivity contribution is 0.559. The quantitative estimate of drug-likeness (QED) is 0.893. The maximum Gasteiger partial charge on any atom is 0.223 e. The molecule has 1 fully saturated rings. The Hall–Kier alpha value is -1.41. The molecule has 3 rings (SSSR count). The smallest absolute Gasteiger partial charge is 0.223 e. The van der Waals surface area contributed by atoms with Crippen LogP contribution in [-0.2, 0) is 16.3 Å². The van der Waals surface area contributed by atoms with Crippen LogP contribution in [0.2, 0.25) is 0 Å². The minimum absolute atomic E-state index is 0.121. The average molecular weight is 326 g/mol. The minimum atomic E-state index is -2.85. The van der Waals surface area contributed by atoms with E-state index in [4.69, 9.17) is 5.73 Å². The number of hydrogen-bond acceptors (Lipinski definition) is 7. The molecule has 0 aliphatic carbocycles. The van der Waals surface area contributed by atoms with Crippen LogP contribution in [0.3, 0.4) is 0 Å². The molecular formula is C13H18N4O2S2. The van der Waals surface area contributed by atoms with Gasteiger partial charge in [0.05, 0.1) is 16.9 Å². The van der Waals surface area contributed by atoms with Crippen LogP contribution in [0.1, 0.15) is 24.6 Å². The van der Waals surface area contributed by atoms with Gasteiger partial charge in [-0.15, -0.1) is 11.3 Å². The van der Waals surface area contributed by atoms with E-state index in [1.54, 1.807) is 11.3 Å². The van der Waals surface area contributed by atoms with E-state index < -0.39 is 9.84 Å². The van der Waals surface area contributed by atoms with Crippen molar-refractivity contribution >= 4 is 43.2 Å². The molecule has 21 heavy (non-hydrogen) atoms. The summed E-state index contributed by atoms with van der Waals surface area (Å²) in [5.74, 6) is 1.44. The predicted molar refractivity (Wildman–Crippen MR) is 86.5 cm³/mol. The molecular weight excluding hydrogens is 308 g/mol. The van der Waals surface area contributed by atoms with Gasteiger partial charge in [0.15, 0.2) is 0 Å². The van der Waals surface area contributed by atoms with E-state index in [2.05, 4.69) is 28.3 Å². The van der Waals surface area contributed by atoms with Gasteiger partial charge in [-0.25, -0.2) is 13.4 Å². The monoisotopic (exact) mass is 326 g/mol. The molecule has 0 radical (unpaired) electrons. The molecule has 0 spiro atoms.